The van der Waals surface area contributed by atoms with Crippen molar-refractivity contribution >= 4 is 27.7 Å². The van der Waals surface area contributed by atoms with Crippen molar-refractivity contribution in [2.45, 2.75) is 26.1 Å². The van der Waals surface area contributed by atoms with Gasteiger partial charge in [0.2, 0.25) is 0 Å². The molecule has 0 unspecified atom stereocenters. The predicted octanol–water partition coefficient (Wildman–Crippen LogP) is 3.35. The molecule has 0 radical (unpaired) electrons. The molecule has 0 aliphatic carbocycles. The van der Waals surface area contributed by atoms with Crippen molar-refractivity contribution in [3.05, 3.63) is 71.1 Å². The van der Waals surface area contributed by atoms with Gasteiger partial charge >= 0.3 is 0 Å². The van der Waals surface area contributed by atoms with E-state index in [9.17, 15) is 13.2 Å². The Labute approximate surface area is 165 Å². The molecule has 1 heterocycles. The van der Waals surface area contributed by atoms with Gasteiger partial charge in [-0.1, -0.05) is 30.3 Å². The number of sulfonamides is 1. The first-order chi connectivity index (χ1) is 13.3. The van der Waals surface area contributed by atoms with Crippen LogP contribution >= 0.6 is 0 Å². The lowest BCUT2D eigenvalue weighted by molar-refractivity contribution is -0.0586. The zero-order valence-corrected chi connectivity index (χ0v) is 16.7. The predicted molar refractivity (Wildman–Crippen MR) is 110 cm³/mol. The Bertz CT molecular complexity index is 930. The molecule has 1 amide bonds. The third-order valence-electron chi connectivity index (χ3n) is 4.34. The van der Waals surface area contributed by atoms with E-state index in [1.165, 1.54) is 6.08 Å². The van der Waals surface area contributed by atoms with Crippen LogP contribution in [0.15, 0.2) is 60.0 Å². The number of amides is 1. The number of nitrogens with one attached hydrogen (secondary N) is 1. The van der Waals surface area contributed by atoms with Crippen LogP contribution in [0, 0.1) is 0 Å². The fraction of sp³-hybridized carbons (Fsp3) is 0.286. The minimum atomic E-state index is -3.64. The zero-order valence-electron chi connectivity index (χ0n) is 15.9. The Hall–Kier alpha value is -2.64. The normalized spacial score (nSPS) is 20.3. The van der Waals surface area contributed by atoms with Crippen molar-refractivity contribution in [2.24, 2.45) is 0 Å². The third-order valence-corrected chi connectivity index (χ3v) is 5.35. The molecule has 2 aromatic carbocycles. The molecule has 7 heteroatoms. The van der Waals surface area contributed by atoms with Crippen LogP contribution in [-0.2, 0) is 14.8 Å². The van der Waals surface area contributed by atoms with E-state index in [-0.39, 0.29) is 18.1 Å². The lowest BCUT2D eigenvalue weighted by atomic mass is 10.1. The van der Waals surface area contributed by atoms with E-state index in [1.807, 2.05) is 44.2 Å². The van der Waals surface area contributed by atoms with Gasteiger partial charge in [-0.3, -0.25) is 9.52 Å². The number of nitrogens with zero attached hydrogens (tertiary/aromatic N) is 1. The molecule has 0 bridgehead atoms. The van der Waals surface area contributed by atoms with Gasteiger partial charge in [0.25, 0.3) is 15.9 Å². The van der Waals surface area contributed by atoms with E-state index in [0.717, 1.165) is 11.0 Å². The van der Waals surface area contributed by atoms with Crippen molar-refractivity contribution in [1.82, 2.24) is 4.90 Å². The highest BCUT2D eigenvalue weighted by atomic mass is 32.2. The molecule has 6 nitrogen and oxygen atoms in total. The molecule has 1 aliphatic rings. The second kappa shape index (κ2) is 8.58. The molecule has 1 N–H and O–H groups in total. The minimum Gasteiger partial charge on any atom is -0.372 e. The second-order valence-corrected chi connectivity index (χ2v) is 8.47. The zero-order chi connectivity index (χ0) is 20.1. The van der Waals surface area contributed by atoms with Gasteiger partial charge in [0.05, 0.1) is 17.6 Å². The summed E-state index contributed by atoms with van der Waals surface area (Å²) in [4.78, 5) is 14.4. The monoisotopic (exact) mass is 400 g/mol. The van der Waals surface area contributed by atoms with E-state index in [0.29, 0.717) is 24.3 Å². The molecule has 28 heavy (non-hydrogen) atoms. The standard InChI is InChI=1S/C21H24N2O4S/c1-16-14-23(15-17(2)27-16)21(24)19-8-10-20(11-9-19)22-28(25,26)13-12-18-6-4-3-5-7-18/h3-13,16-17,22H,14-15H2,1-2H3/b13-12+/t16-,17-/m0/s1. The SMILES string of the molecule is C[C@H]1CN(C(=O)c2ccc(NS(=O)(=O)/C=C/c3ccccc3)cc2)C[C@H](C)O1. The summed E-state index contributed by atoms with van der Waals surface area (Å²) in [7, 11) is -3.64. The van der Waals surface area contributed by atoms with Crippen molar-refractivity contribution in [3.8, 4) is 0 Å². The number of rotatable bonds is 5. The number of anilines is 1. The van der Waals surface area contributed by atoms with Crippen LogP contribution in [0.25, 0.3) is 6.08 Å². The highest BCUT2D eigenvalue weighted by Crippen LogP contribution is 2.17. The van der Waals surface area contributed by atoms with Gasteiger partial charge in [-0.15, -0.1) is 0 Å². The molecule has 2 atom stereocenters. The molecule has 1 saturated heterocycles. The Morgan fingerprint density at radius 3 is 2.25 bits per heavy atom. The Morgan fingerprint density at radius 2 is 1.64 bits per heavy atom. The fourth-order valence-corrected chi connectivity index (χ4v) is 4.01. The largest absolute Gasteiger partial charge is 0.372 e. The van der Waals surface area contributed by atoms with Crippen LogP contribution in [0.5, 0.6) is 0 Å². The van der Waals surface area contributed by atoms with Gasteiger partial charge in [0, 0.05) is 24.3 Å². The first-order valence-corrected chi connectivity index (χ1v) is 10.7. The molecule has 0 saturated carbocycles. The van der Waals surface area contributed by atoms with Crippen LogP contribution in [0.3, 0.4) is 0 Å². The summed E-state index contributed by atoms with van der Waals surface area (Å²) in [5.41, 5.74) is 1.71. The maximum absolute atomic E-state index is 12.7. The average molecular weight is 401 g/mol. The van der Waals surface area contributed by atoms with Gasteiger partial charge < -0.3 is 9.64 Å². The summed E-state index contributed by atoms with van der Waals surface area (Å²) in [5, 5.41) is 1.12. The lowest BCUT2D eigenvalue weighted by Crippen LogP contribution is -2.48. The summed E-state index contributed by atoms with van der Waals surface area (Å²) in [6.07, 6.45) is 1.52. The molecule has 0 aromatic heterocycles. The van der Waals surface area contributed by atoms with Crippen LogP contribution < -0.4 is 4.72 Å². The number of benzene rings is 2. The maximum Gasteiger partial charge on any atom is 0.255 e. The van der Waals surface area contributed by atoms with Crippen molar-refractivity contribution < 1.29 is 17.9 Å². The molecule has 2 aromatic rings. The summed E-state index contributed by atoms with van der Waals surface area (Å²) in [6.45, 7) is 4.97. The molecule has 0 spiro atoms. The Morgan fingerprint density at radius 1 is 1.04 bits per heavy atom. The van der Waals surface area contributed by atoms with E-state index < -0.39 is 10.0 Å². The van der Waals surface area contributed by atoms with Gasteiger partial charge in [-0.25, -0.2) is 8.42 Å². The van der Waals surface area contributed by atoms with Gasteiger partial charge in [0.15, 0.2) is 0 Å². The number of hydrogen-bond donors (Lipinski definition) is 1. The molecule has 1 fully saturated rings. The van der Waals surface area contributed by atoms with E-state index in [2.05, 4.69) is 4.72 Å². The van der Waals surface area contributed by atoms with Gasteiger partial charge in [0.1, 0.15) is 0 Å². The van der Waals surface area contributed by atoms with Crippen molar-refractivity contribution in [2.75, 3.05) is 17.8 Å². The van der Waals surface area contributed by atoms with Gasteiger partial charge in [-0.2, -0.15) is 0 Å². The highest BCUT2D eigenvalue weighted by molar-refractivity contribution is 7.95. The van der Waals surface area contributed by atoms with Crippen LogP contribution in [0.4, 0.5) is 5.69 Å². The summed E-state index contributed by atoms with van der Waals surface area (Å²) >= 11 is 0. The molecular weight excluding hydrogens is 376 g/mol. The fourth-order valence-electron chi connectivity index (χ4n) is 3.14. The van der Waals surface area contributed by atoms with Crippen LogP contribution in [0.2, 0.25) is 0 Å². The number of morpholine rings is 1. The maximum atomic E-state index is 12.7. The summed E-state index contributed by atoms with van der Waals surface area (Å²) < 4.78 is 32.6. The number of hydrogen-bond acceptors (Lipinski definition) is 4. The van der Waals surface area contributed by atoms with Crippen molar-refractivity contribution in [3.63, 3.8) is 0 Å². The molecule has 3 rings (SSSR count). The molecule has 148 valence electrons. The molecular formula is C21H24N2O4S. The third kappa shape index (κ3) is 5.43. The topological polar surface area (TPSA) is 75.7 Å². The first kappa shape index (κ1) is 20.1. The van der Waals surface area contributed by atoms with Gasteiger partial charge in [-0.05, 0) is 49.8 Å². The van der Waals surface area contributed by atoms with E-state index >= 15 is 0 Å². The number of carbonyl (C=O) groups excluding carboxylic acids is 1. The minimum absolute atomic E-state index is 0.00446. The average Bonchev–Trinajstić information content (AvgIpc) is 2.66. The number of carbonyl (C=O) groups is 1. The van der Waals surface area contributed by atoms with E-state index in [4.69, 9.17) is 4.74 Å². The second-order valence-electron chi connectivity index (χ2n) is 6.91. The van der Waals surface area contributed by atoms with Crippen LogP contribution in [0.1, 0.15) is 29.8 Å². The van der Waals surface area contributed by atoms with E-state index in [1.54, 1.807) is 29.2 Å². The van der Waals surface area contributed by atoms with Crippen LogP contribution in [-0.4, -0.2) is 44.5 Å². The molecule has 1 aliphatic heterocycles. The highest BCUT2D eigenvalue weighted by Gasteiger charge is 2.26. The Balaban J connectivity index is 1.65. The lowest BCUT2D eigenvalue weighted by Gasteiger charge is -2.35. The van der Waals surface area contributed by atoms with Crippen molar-refractivity contribution in [1.29, 1.82) is 0 Å². The Kier molecular flexibility index (Phi) is 6.16. The smallest absolute Gasteiger partial charge is 0.255 e. The number of ether oxygens (including phenoxy) is 1. The quantitative estimate of drug-likeness (QED) is 0.835. The summed E-state index contributed by atoms with van der Waals surface area (Å²) in [5.74, 6) is -0.0830. The first-order valence-electron chi connectivity index (χ1n) is 9.13. The summed E-state index contributed by atoms with van der Waals surface area (Å²) in [6, 6.07) is 15.6.